The summed E-state index contributed by atoms with van der Waals surface area (Å²) in [6, 6.07) is 0.417. The molecule has 1 heterocycles. The number of anilines is 1. The van der Waals surface area contributed by atoms with Gasteiger partial charge in [0.05, 0.1) is 0 Å². The van der Waals surface area contributed by atoms with E-state index in [-0.39, 0.29) is 0 Å². The Hall–Kier alpha value is -1.16. The monoisotopic (exact) mass is 194 g/mol. The Labute approximate surface area is 85.2 Å². The van der Waals surface area contributed by atoms with E-state index >= 15 is 0 Å². The van der Waals surface area contributed by atoms with Crippen molar-refractivity contribution in [3.8, 4) is 0 Å². The summed E-state index contributed by atoms with van der Waals surface area (Å²) in [5.74, 6) is 0.704. The van der Waals surface area contributed by atoms with Crippen LogP contribution in [0.5, 0.6) is 0 Å². The average molecular weight is 194 g/mol. The van der Waals surface area contributed by atoms with Gasteiger partial charge in [0.25, 0.3) is 0 Å². The Morgan fingerprint density at radius 1 is 1.43 bits per heavy atom. The molecule has 1 aromatic rings. The summed E-state index contributed by atoms with van der Waals surface area (Å²) in [6.07, 6.45) is 1.84. The van der Waals surface area contributed by atoms with Crippen LogP contribution in [0, 0.1) is 13.8 Å². The summed E-state index contributed by atoms with van der Waals surface area (Å²) in [6.45, 7) is 6.94. The Balaban J connectivity index is 2.55. The van der Waals surface area contributed by atoms with Gasteiger partial charge in [-0.3, -0.25) is 0 Å². The van der Waals surface area contributed by atoms with E-state index < -0.39 is 0 Å². The van der Waals surface area contributed by atoms with Crippen LogP contribution in [0.2, 0.25) is 0 Å². The van der Waals surface area contributed by atoms with Crippen molar-refractivity contribution in [3.63, 3.8) is 0 Å². The maximum atomic E-state index is 4.33. The van der Waals surface area contributed by atoms with Crippen LogP contribution >= 0.6 is 0 Å². The van der Waals surface area contributed by atoms with Gasteiger partial charge in [-0.05, 0) is 33.4 Å². The number of rotatable bonds is 4. The molecule has 1 unspecified atom stereocenters. The van der Waals surface area contributed by atoms with Crippen molar-refractivity contribution < 1.29 is 0 Å². The van der Waals surface area contributed by atoms with Crippen molar-refractivity contribution >= 4 is 5.95 Å². The van der Waals surface area contributed by atoms with Gasteiger partial charge in [0.15, 0.2) is 0 Å². The smallest absolute Gasteiger partial charge is 0.222 e. The molecule has 78 valence electrons. The highest BCUT2D eigenvalue weighted by Gasteiger charge is 2.01. The van der Waals surface area contributed by atoms with E-state index in [0.717, 1.165) is 17.8 Å². The second kappa shape index (κ2) is 4.91. The molecule has 4 heteroatoms. The zero-order valence-corrected chi connectivity index (χ0v) is 9.26. The molecule has 0 bridgehead atoms. The Bertz CT molecular complexity index is 298. The number of nitrogens with one attached hydrogen (secondary N) is 2. The van der Waals surface area contributed by atoms with Crippen LogP contribution in [0.25, 0.3) is 0 Å². The van der Waals surface area contributed by atoms with Crippen molar-refractivity contribution in [2.75, 3.05) is 18.9 Å². The molecule has 1 aromatic heterocycles. The standard InChI is InChI=1S/C10H18N4/c1-7-5-12-10(14-9(7)3)13-6-8(2)11-4/h5,8,11H,6H2,1-4H3,(H,12,13,14). The van der Waals surface area contributed by atoms with Crippen LogP contribution in [-0.4, -0.2) is 29.6 Å². The summed E-state index contributed by atoms with van der Waals surface area (Å²) in [4.78, 5) is 8.52. The molecule has 0 aromatic carbocycles. The van der Waals surface area contributed by atoms with Gasteiger partial charge < -0.3 is 10.6 Å². The Kier molecular flexibility index (Phi) is 3.83. The zero-order chi connectivity index (χ0) is 10.6. The molecule has 0 fully saturated rings. The SMILES string of the molecule is CNC(C)CNc1ncc(C)c(C)n1. The van der Waals surface area contributed by atoms with Gasteiger partial charge >= 0.3 is 0 Å². The van der Waals surface area contributed by atoms with Crippen molar-refractivity contribution in [1.29, 1.82) is 0 Å². The molecule has 0 spiro atoms. The van der Waals surface area contributed by atoms with Gasteiger partial charge in [-0.25, -0.2) is 9.97 Å². The van der Waals surface area contributed by atoms with Crippen LogP contribution in [0.3, 0.4) is 0 Å². The Morgan fingerprint density at radius 2 is 2.14 bits per heavy atom. The minimum atomic E-state index is 0.417. The minimum absolute atomic E-state index is 0.417. The maximum Gasteiger partial charge on any atom is 0.222 e. The predicted molar refractivity (Wildman–Crippen MR) is 58.5 cm³/mol. The molecule has 0 amide bonds. The van der Waals surface area contributed by atoms with E-state index in [1.807, 2.05) is 27.1 Å². The normalized spacial score (nSPS) is 12.6. The lowest BCUT2D eigenvalue weighted by Gasteiger charge is -2.11. The first-order valence-corrected chi connectivity index (χ1v) is 4.85. The van der Waals surface area contributed by atoms with Crippen LogP contribution in [-0.2, 0) is 0 Å². The number of aromatic nitrogens is 2. The fourth-order valence-electron chi connectivity index (χ4n) is 0.959. The van der Waals surface area contributed by atoms with Gasteiger partial charge in [0.2, 0.25) is 5.95 Å². The Morgan fingerprint density at radius 3 is 2.71 bits per heavy atom. The fourth-order valence-corrected chi connectivity index (χ4v) is 0.959. The topological polar surface area (TPSA) is 49.8 Å². The van der Waals surface area contributed by atoms with Crippen molar-refractivity contribution in [3.05, 3.63) is 17.5 Å². The molecular weight excluding hydrogens is 176 g/mol. The third kappa shape index (κ3) is 2.96. The molecule has 0 aliphatic carbocycles. The molecular formula is C10H18N4. The van der Waals surface area contributed by atoms with Gasteiger partial charge in [0.1, 0.15) is 0 Å². The zero-order valence-electron chi connectivity index (χ0n) is 9.26. The summed E-state index contributed by atoms with van der Waals surface area (Å²) in [7, 11) is 1.94. The highest BCUT2D eigenvalue weighted by Crippen LogP contribution is 2.04. The van der Waals surface area contributed by atoms with Crippen LogP contribution < -0.4 is 10.6 Å². The summed E-state index contributed by atoms with van der Waals surface area (Å²) in [5, 5.41) is 6.32. The lowest BCUT2D eigenvalue weighted by molar-refractivity contribution is 0.635. The van der Waals surface area contributed by atoms with E-state index in [0.29, 0.717) is 12.0 Å². The minimum Gasteiger partial charge on any atom is -0.353 e. The van der Waals surface area contributed by atoms with Crippen molar-refractivity contribution in [2.45, 2.75) is 26.8 Å². The molecule has 0 aliphatic heterocycles. The van der Waals surface area contributed by atoms with E-state index in [4.69, 9.17) is 0 Å². The van der Waals surface area contributed by atoms with E-state index in [1.54, 1.807) is 0 Å². The van der Waals surface area contributed by atoms with Crippen LogP contribution in [0.1, 0.15) is 18.2 Å². The summed E-state index contributed by atoms with van der Waals surface area (Å²) in [5.41, 5.74) is 2.15. The molecule has 1 atom stereocenters. The summed E-state index contributed by atoms with van der Waals surface area (Å²) >= 11 is 0. The van der Waals surface area contributed by atoms with Crippen molar-refractivity contribution in [1.82, 2.24) is 15.3 Å². The van der Waals surface area contributed by atoms with Gasteiger partial charge in [-0.2, -0.15) is 0 Å². The van der Waals surface area contributed by atoms with Crippen molar-refractivity contribution in [2.24, 2.45) is 0 Å². The largest absolute Gasteiger partial charge is 0.353 e. The van der Waals surface area contributed by atoms with E-state index in [2.05, 4.69) is 27.5 Å². The summed E-state index contributed by atoms with van der Waals surface area (Å²) < 4.78 is 0. The van der Waals surface area contributed by atoms with Crippen LogP contribution in [0.15, 0.2) is 6.20 Å². The predicted octanol–water partition coefficient (Wildman–Crippen LogP) is 1.11. The number of hydrogen-bond donors (Lipinski definition) is 2. The van der Waals surface area contributed by atoms with Gasteiger partial charge in [-0.1, -0.05) is 0 Å². The first-order chi connectivity index (χ1) is 6.63. The molecule has 0 saturated carbocycles. The lowest BCUT2D eigenvalue weighted by atomic mass is 10.3. The third-order valence-electron chi connectivity index (χ3n) is 2.28. The first-order valence-electron chi connectivity index (χ1n) is 4.85. The number of likely N-dealkylation sites (N-methyl/N-ethyl adjacent to an activating group) is 1. The number of hydrogen-bond acceptors (Lipinski definition) is 4. The van der Waals surface area contributed by atoms with E-state index in [1.165, 1.54) is 0 Å². The lowest BCUT2D eigenvalue weighted by Crippen LogP contribution is -2.29. The highest BCUT2D eigenvalue weighted by molar-refractivity contribution is 5.28. The molecule has 2 N–H and O–H groups in total. The molecule has 0 radical (unpaired) electrons. The molecule has 14 heavy (non-hydrogen) atoms. The van der Waals surface area contributed by atoms with Gasteiger partial charge in [-0.15, -0.1) is 0 Å². The second-order valence-electron chi connectivity index (χ2n) is 3.53. The second-order valence-corrected chi connectivity index (χ2v) is 3.53. The molecule has 0 aliphatic rings. The number of aryl methyl sites for hydroxylation is 2. The first kappa shape index (κ1) is 10.9. The molecule has 0 saturated heterocycles. The van der Waals surface area contributed by atoms with Gasteiger partial charge in [0, 0.05) is 24.5 Å². The fraction of sp³-hybridized carbons (Fsp3) is 0.600. The number of nitrogens with zero attached hydrogens (tertiary/aromatic N) is 2. The molecule has 1 rings (SSSR count). The molecule has 4 nitrogen and oxygen atoms in total. The van der Waals surface area contributed by atoms with E-state index in [9.17, 15) is 0 Å². The van der Waals surface area contributed by atoms with Crippen LogP contribution in [0.4, 0.5) is 5.95 Å². The third-order valence-corrected chi connectivity index (χ3v) is 2.28. The highest BCUT2D eigenvalue weighted by atomic mass is 15.1. The quantitative estimate of drug-likeness (QED) is 0.754. The average Bonchev–Trinajstić information content (AvgIpc) is 2.19. The maximum absolute atomic E-state index is 4.33.